The first-order valence-corrected chi connectivity index (χ1v) is 5.00. The average Bonchev–Trinajstić information content (AvgIpc) is 2.20. The predicted octanol–water partition coefficient (Wildman–Crippen LogP) is 1.40. The Hall–Kier alpha value is -1.91. The molecule has 0 fully saturated rings. The molecule has 5 nitrogen and oxygen atoms in total. The Morgan fingerprint density at radius 3 is 2.88 bits per heavy atom. The number of anilines is 1. The molecule has 0 saturated carbocycles. The minimum atomic E-state index is -0.360. The number of ether oxygens (including phenoxy) is 1. The number of amides is 1. The van der Waals surface area contributed by atoms with Crippen molar-refractivity contribution in [2.24, 2.45) is 0 Å². The van der Waals surface area contributed by atoms with Crippen LogP contribution in [0.5, 0.6) is 5.88 Å². The maximum atomic E-state index is 11.4. The van der Waals surface area contributed by atoms with Crippen LogP contribution in [-0.2, 0) is 9.59 Å². The number of nitrogens with one attached hydrogen (secondary N) is 1. The van der Waals surface area contributed by atoms with E-state index in [2.05, 4.69) is 10.3 Å². The summed E-state index contributed by atoms with van der Waals surface area (Å²) in [4.78, 5) is 26.1. The number of ketones is 1. The lowest BCUT2D eigenvalue weighted by Gasteiger charge is -2.09. The van der Waals surface area contributed by atoms with Crippen molar-refractivity contribution in [1.82, 2.24) is 4.98 Å². The molecule has 0 aliphatic rings. The van der Waals surface area contributed by atoms with Gasteiger partial charge in [-0.3, -0.25) is 9.59 Å². The molecule has 1 amide bonds. The fourth-order valence-electron chi connectivity index (χ4n) is 1.16. The van der Waals surface area contributed by atoms with Gasteiger partial charge in [0.1, 0.15) is 11.5 Å². The van der Waals surface area contributed by atoms with Gasteiger partial charge in [0, 0.05) is 6.20 Å². The lowest BCUT2D eigenvalue weighted by Crippen LogP contribution is -2.15. The summed E-state index contributed by atoms with van der Waals surface area (Å²) in [6.45, 7) is 3.66. The zero-order chi connectivity index (χ0) is 12.0. The Labute approximate surface area is 93.8 Å². The van der Waals surface area contributed by atoms with Gasteiger partial charge >= 0.3 is 0 Å². The van der Waals surface area contributed by atoms with Gasteiger partial charge in [-0.05, 0) is 26.0 Å². The zero-order valence-electron chi connectivity index (χ0n) is 9.32. The average molecular weight is 222 g/mol. The van der Waals surface area contributed by atoms with Gasteiger partial charge in [-0.25, -0.2) is 4.98 Å². The smallest absolute Gasteiger partial charge is 0.237 e. The SMILES string of the molecule is CCOc1ncccc1NC(=O)CC(C)=O. The third-order valence-electron chi connectivity index (χ3n) is 1.74. The minimum absolute atomic E-state index is 0.138. The van der Waals surface area contributed by atoms with Crippen LogP contribution in [-0.4, -0.2) is 23.3 Å². The van der Waals surface area contributed by atoms with Crippen molar-refractivity contribution in [3.63, 3.8) is 0 Å². The first kappa shape index (κ1) is 12.2. The van der Waals surface area contributed by atoms with Gasteiger partial charge in [-0.1, -0.05) is 0 Å². The number of pyridine rings is 1. The van der Waals surface area contributed by atoms with E-state index in [-0.39, 0.29) is 18.1 Å². The molecule has 1 heterocycles. The molecule has 0 saturated heterocycles. The maximum Gasteiger partial charge on any atom is 0.237 e. The number of hydrogen-bond donors (Lipinski definition) is 1. The molecule has 1 rings (SSSR count). The molecule has 0 radical (unpaired) electrons. The van der Waals surface area contributed by atoms with Crippen molar-refractivity contribution in [2.75, 3.05) is 11.9 Å². The largest absolute Gasteiger partial charge is 0.476 e. The molecule has 0 aliphatic carbocycles. The van der Waals surface area contributed by atoms with E-state index in [1.807, 2.05) is 6.92 Å². The highest BCUT2D eigenvalue weighted by atomic mass is 16.5. The third kappa shape index (κ3) is 3.68. The molecule has 0 aromatic carbocycles. The van der Waals surface area contributed by atoms with E-state index in [0.29, 0.717) is 18.2 Å². The van der Waals surface area contributed by atoms with Crippen LogP contribution in [0.25, 0.3) is 0 Å². The van der Waals surface area contributed by atoms with Gasteiger partial charge in [0.2, 0.25) is 11.8 Å². The van der Waals surface area contributed by atoms with E-state index in [4.69, 9.17) is 4.74 Å². The predicted molar refractivity (Wildman–Crippen MR) is 59.3 cm³/mol. The van der Waals surface area contributed by atoms with Gasteiger partial charge in [0.05, 0.1) is 13.0 Å². The fourth-order valence-corrected chi connectivity index (χ4v) is 1.16. The van der Waals surface area contributed by atoms with E-state index in [1.54, 1.807) is 18.3 Å². The highest BCUT2D eigenvalue weighted by molar-refractivity contribution is 6.03. The lowest BCUT2D eigenvalue weighted by molar-refractivity contribution is -0.124. The van der Waals surface area contributed by atoms with E-state index < -0.39 is 0 Å². The van der Waals surface area contributed by atoms with Crippen molar-refractivity contribution in [3.8, 4) is 5.88 Å². The quantitative estimate of drug-likeness (QED) is 0.764. The molecule has 16 heavy (non-hydrogen) atoms. The molecule has 0 unspecified atom stereocenters. The lowest BCUT2D eigenvalue weighted by atomic mass is 10.3. The summed E-state index contributed by atoms with van der Waals surface area (Å²) in [7, 11) is 0. The number of Topliss-reactive ketones (excluding diaryl/α,β-unsaturated/α-hetero) is 1. The summed E-state index contributed by atoms with van der Waals surface area (Å²) in [5.74, 6) is -0.178. The van der Waals surface area contributed by atoms with E-state index >= 15 is 0 Å². The second kappa shape index (κ2) is 5.85. The first-order valence-electron chi connectivity index (χ1n) is 5.00. The highest BCUT2D eigenvalue weighted by Crippen LogP contribution is 2.20. The number of nitrogens with zero attached hydrogens (tertiary/aromatic N) is 1. The van der Waals surface area contributed by atoms with Crippen molar-refractivity contribution < 1.29 is 14.3 Å². The standard InChI is InChI=1S/C11H14N2O3/c1-3-16-11-9(5-4-6-12-11)13-10(15)7-8(2)14/h4-6H,3,7H2,1-2H3,(H,13,15). The number of aromatic nitrogens is 1. The van der Waals surface area contributed by atoms with Crippen molar-refractivity contribution in [1.29, 1.82) is 0 Å². The number of carbonyl (C=O) groups excluding carboxylic acids is 2. The van der Waals surface area contributed by atoms with Crippen LogP contribution < -0.4 is 10.1 Å². The normalized spacial score (nSPS) is 9.62. The first-order chi connectivity index (χ1) is 7.63. The second-order valence-corrected chi connectivity index (χ2v) is 3.22. The van der Waals surface area contributed by atoms with Gasteiger partial charge in [-0.15, -0.1) is 0 Å². The topological polar surface area (TPSA) is 68.3 Å². The van der Waals surface area contributed by atoms with Crippen LogP contribution in [0.4, 0.5) is 5.69 Å². The number of rotatable bonds is 5. The molecular formula is C11H14N2O3. The van der Waals surface area contributed by atoms with Crippen LogP contribution in [0.15, 0.2) is 18.3 Å². The Kier molecular flexibility index (Phi) is 4.44. The Morgan fingerprint density at radius 2 is 2.25 bits per heavy atom. The number of carbonyl (C=O) groups is 2. The zero-order valence-corrected chi connectivity index (χ0v) is 9.32. The van der Waals surface area contributed by atoms with Gasteiger partial charge < -0.3 is 10.1 Å². The molecule has 0 aliphatic heterocycles. The summed E-state index contributed by atoms with van der Waals surface area (Å²) in [5, 5.41) is 2.58. The third-order valence-corrected chi connectivity index (χ3v) is 1.74. The Bertz CT molecular complexity index is 391. The van der Waals surface area contributed by atoms with Gasteiger partial charge in [0.15, 0.2) is 0 Å². The van der Waals surface area contributed by atoms with E-state index in [1.165, 1.54) is 6.92 Å². The minimum Gasteiger partial charge on any atom is -0.476 e. The van der Waals surface area contributed by atoms with Crippen molar-refractivity contribution in [2.45, 2.75) is 20.3 Å². The van der Waals surface area contributed by atoms with E-state index in [9.17, 15) is 9.59 Å². The monoisotopic (exact) mass is 222 g/mol. The van der Waals surface area contributed by atoms with Crippen LogP contribution in [0.1, 0.15) is 20.3 Å². The maximum absolute atomic E-state index is 11.4. The molecule has 0 spiro atoms. The van der Waals surface area contributed by atoms with Crippen molar-refractivity contribution >= 4 is 17.4 Å². The Morgan fingerprint density at radius 1 is 1.50 bits per heavy atom. The molecule has 1 N–H and O–H groups in total. The van der Waals surface area contributed by atoms with Crippen LogP contribution in [0, 0.1) is 0 Å². The molecule has 5 heteroatoms. The summed E-state index contributed by atoms with van der Waals surface area (Å²) < 4.78 is 5.23. The summed E-state index contributed by atoms with van der Waals surface area (Å²) in [6, 6.07) is 3.36. The molecule has 1 aromatic heterocycles. The molecule has 0 bridgehead atoms. The summed E-state index contributed by atoms with van der Waals surface area (Å²) in [5.41, 5.74) is 0.482. The summed E-state index contributed by atoms with van der Waals surface area (Å²) >= 11 is 0. The van der Waals surface area contributed by atoms with Crippen molar-refractivity contribution in [3.05, 3.63) is 18.3 Å². The fraction of sp³-hybridized carbons (Fsp3) is 0.364. The van der Waals surface area contributed by atoms with E-state index in [0.717, 1.165) is 0 Å². The molecule has 1 aromatic rings. The Balaban J connectivity index is 2.72. The summed E-state index contributed by atoms with van der Waals surface area (Å²) in [6.07, 6.45) is 1.44. The molecule has 0 atom stereocenters. The number of hydrogen-bond acceptors (Lipinski definition) is 4. The van der Waals surface area contributed by atoms with Gasteiger partial charge in [0.25, 0.3) is 0 Å². The molecule has 86 valence electrons. The van der Waals surface area contributed by atoms with Gasteiger partial charge in [-0.2, -0.15) is 0 Å². The second-order valence-electron chi connectivity index (χ2n) is 3.22. The van der Waals surface area contributed by atoms with Crippen LogP contribution in [0.3, 0.4) is 0 Å². The highest BCUT2D eigenvalue weighted by Gasteiger charge is 2.09. The van der Waals surface area contributed by atoms with Crippen LogP contribution in [0.2, 0.25) is 0 Å². The molecular weight excluding hydrogens is 208 g/mol. The van der Waals surface area contributed by atoms with Crippen LogP contribution >= 0.6 is 0 Å².